The Kier molecular flexibility index (Phi) is 4.13. The summed E-state index contributed by atoms with van der Waals surface area (Å²) in [6.07, 6.45) is -2.88. The molecule has 4 nitrogen and oxygen atoms in total. The molecular weight excluding hydrogens is 287 g/mol. The van der Waals surface area contributed by atoms with Crippen molar-refractivity contribution in [3.8, 4) is 5.75 Å². The second kappa shape index (κ2) is 5.55. The third-order valence-electron chi connectivity index (χ3n) is 3.41. The topological polar surface area (TPSA) is 58.6 Å². The van der Waals surface area contributed by atoms with E-state index in [-0.39, 0.29) is 23.8 Å². The lowest BCUT2D eigenvalue weighted by atomic mass is 10.0. The van der Waals surface area contributed by atoms with Crippen LogP contribution in [0.1, 0.15) is 30.1 Å². The first-order valence-electron chi connectivity index (χ1n) is 6.54. The van der Waals surface area contributed by atoms with Gasteiger partial charge in [0.2, 0.25) is 0 Å². The van der Waals surface area contributed by atoms with Gasteiger partial charge in [-0.2, -0.15) is 0 Å². The summed E-state index contributed by atoms with van der Waals surface area (Å²) in [5.41, 5.74) is -0.745. The van der Waals surface area contributed by atoms with Crippen LogP contribution < -0.4 is 10.1 Å². The Bertz CT molecular complexity index is 507. The Hall–Kier alpha value is -1.76. The molecule has 2 rings (SSSR count). The summed E-state index contributed by atoms with van der Waals surface area (Å²) in [6, 6.07) is 4.62. The van der Waals surface area contributed by atoms with Crippen molar-refractivity contribution in [2.24, 2.45) is 5.92 Å². The first-order chi connectivity index (χ1) is 9.67. The van der Waals surface area contributed by atoms with E-state index >= 15 is 0 Å². The predicted octanol–water partition coefficient (Wildman–Crippen LogP) is 2.48. The second-order valence-electron chi connectivity index (χ2n) is 5.39. The van der Waals surface area contributed by atoms with Crippen molar-refractivity contribution in [1.82, 2.24) is 5.32 Å². The van der Waals surface area contributed by atoms with E-state index in [4.69, 9.17) is 0 Å². The van der Waals surface area contributed by atoms with Crippen LogP contribution in [0.3, 0.4) is 0 Å². The number of amides is 1. The van der Waals surface area contributed by atoms with Crippen LogP contribution >= 0.6 is 0 Å². The van der Waals surface area contributed by atoms with Crippen LogP contribution in [0.15, 0.2) is 24.3 Å². The van der Waals surface area contributed by atoms with Crippen LogP contribution in [-0.2, 0) is 0 Å². The van der Waals surface area contributed by atoms with Gasteiger partial charge in [-0.25, -0.2) is 0 Å². The minimum absolute atomic E-state index is 0.108. The summed E-state index contributed by atoms with van der Waals surface area (Å²) >= 11 is 0. The van der Waals surface area contributed by atoms with Crippen LogP contribution in [0.4, 0.5) is 13.2 Å². The molecule has 21 heavy (non-hydrogen) atoms. The van der Waals surface area contributed by atoms with E-state index in [0.29, 0.717) is 0 Å². The quantitative estimate of drug-likeness (QED) is 0.878. The highest BCUT2D eigenvalue weighted by molar-refractivity contribution is 5.94. The van der Waals surface area contributed by atoms with E-state index in [0.717, 1.165) is 25.0 Å². The number of benzene rings is 1. The molecule has 1 amide bonds. The highest BCUT2D eigenvalue weighted by Crippen LogP contribution is 2.39. The maximum Gasteiger partial charge on any atom is 0.573 e. The fourth-order valence-corrected chi connectivity index (χ4v) is 2.02. The fourth-order valence-electron chi connectivity index (χ4n) is 2.02. The van der Waals surface area contributed by atoms with Gasteiger partial charge < -0.3 is 15.2 Å². The summed E-state index contributed by atoms with van der Waals surface area (Å²) in [7, 11) is 0. The number of carbonyl (C=O) groups is 1. The lowest BCUT2D eigenvalue weighted by Gasteiger charge is -2.23. The number of carbonyl (C=O) groups excluding carboxylic acids is 1. The molecule has 0 heterocycles. The van der Waals surface area contributed by atoms with Crippen molar-refractivity contribution >= 4 is 5.91 Å². The van der Waals surface area contributed by atoms with Crippen LogP contribution in [0, 0.1) is 5.92 Å². The van der Waals surface area contributed by atoms with Crippen molar-refractivity contribution in [1.29, 1.82) is 0 Å². The minimum Gasteiger partial charge on any atom is -0.406 e. The predicted molar refractivity (Wildman–Crippen MR) is 68.8 cm³/mol. The van der Waals surface area contributed by atoms with Crippen molar-refractivity contribution in [3.05, 3.63) is 29.8 Å². The van der Waals surface area contributed by atoms with Gasteiger partial charge in [0.05, 0.1) is 5.60 Å². The summed E-state index contributed by atoms with van der Waals surface area (Å²) in [4.78, 5) is 11.8. The Morgan fingerprint density at radius 2 is 1.90 bits per heavy atom. The van der Waals surface area contributed by atoms with E-state index in [9.17, 15) is 23.1 Å². The van der Waals surface area contributed by atoms with Gasteiger partial charge >= 0.3 is 6.36 Å². The summed E-state index contributed by atoms with van der Waals surface area (Å²) in [6.45, 7) is 1.77. The Morgan fingerprint density at radius 3 is 2.38 bits per heavy atom. The lowest BCUT2D eigenvalue weighted by molar-refractivity contribution is -0.274. The number of ether oxygens (including phenoxy) is 1. The van der Waals surface area contributed by atoms with Crippen LogP contribution in [0.5, 0.6) is 5.75 Å². The van der Waals surface area contributed by atoms with Crippen LogP contribution in [-0.4, -0.2) is 29.5 Å². The number of hydrogen-bond acceptors (Lipinski definition) is 3. The van der Waals surface area contributed by atoms with Gasteiger partial charge in [-0.05, 0) is 49.9 Å². The number of nitrogens with one attached hydrogen (secondary N) is 1. The van der Waals surface area contributed by atoms with E-state index in [1.165, 1.54) is 12.1 Å². The Labute approximate surface area is 119 Å². The van der Waals surface area contributed by atoms with Crippen LogP contribution in [0.25, 0.3) is 0 Å². The highest BCUT2D eigenvalue weighted by atomic mass is 19.4. The largest absolute Gasteiger partial charge is 0.573 e. The lowest BCUT2D eigenvalue weighted by Crippen LogP contribution is -2.42. The van der Waals surface area contributed by atoms with Gasteiger partial charge in [0.15, 0.2) is 0 Å². The molecule has 116 valence electrons. The molecule has 1 aromatic rings. The van der Waals surface area contributed by atoms with Crippen molar-refractivity contribution in [2.45, 2.75) is 31.7 Å². The molecule has 0 aliphatic heterocycles. The molecule has 1 saturated carbocycles. The second-order valence-corrected chi connectivity index (χ2v) is 5.39. The first kappa shape index (κ1) is 15.6. The fraction of sp³-hybridized carbons (Fsp3) is 0.500. The van der Waals surface area contributed by atoms with Gasteiger partial charge in [0.25, 0.3) is 5.91 Å². The van der Waals surface area contributed by atoms with Crippen LogP contribution in [0.2, 0.25) is 0 Å². The number of rotatable bonds is 5. The molecule has 0 aromatic heterocycles. The molecule has 0 unspecified atom stereocenters. The summed E-state index contributed by atoms with van der Waals surface area (Å²) in [5, 5.41) is 12.6. The molecule has 0 bridgehead atoms. The maximum atomic E-state index is 12.0. The smallest absolute Gasteiger partial charge is 0.406 e. The molecular formula is C14H16F3NO3. The molecule has 0 radical (unpaired) electrons. The van der Waals surface area contributed by atoms with Gasteiger partial charge in [-0.1, -0.05) is 0 Å². The molecule has 7 heteroatoms. The highest BCUT2D eigenvalue weighted by Gasteiger charge is 2.40. The Morgan fingerprint density at radius 1 is 1.33 bits per heavy atom. The third kappa shape index (κ3) is 4.63. The monoisotopic (exact) mass is 303 g/mol. The van der Waals surface area contributed by atoms with Crippen molar-refractivity contribution < 1.29 is 27.8 Å². The number of aliphatic hydroxyl groups is 1. The zero-order valence-corrected chi connectivity index (χ0v) is 11.4. The van der Waals surface area contributed by atoms with Gasteiger partial charge in [-0.3, -0.25) is 4.79 Å². The molecule has 1 aliphatic carbocycles. The molecule has 2 N–H and O–H groups in total. The number of hydrogen-bond donors (Lipinski definition) is 2. The Balaban J connectivity index is 1.90. The van der Waals surface area contributed by atoms with E-state index in [1.54, 1.807) is 6.92 Å². The maximum absolute atomic E-state index is 12.0. The number of alkyl halides is 3. The summed E-state index contributed by atoms with van der Waals surface area (Å²) < 4.78 is 39.7. The molecule has 1 fully saturated rings. The normalized spacial score (nSPS) is 18.0. The summed E-state index contributed by atoms with van der Waals surface area (Å²) in [5.74, 6) is -0.640. The number of halogens is 3. The van der Waals surface area contributed by atoms with E-state index < -0.39 is 17.9 Å². The molecule has 0 saturated heterocycles. The molecule has 0 spiro atoms. The third-order valence-corrected chi connectivity index (χ3v) is 3.41. The van der Waals surface area contributed by atoms with E-state index in [2.05, 4.69) is 10.1 Å². The zero-order chi connectivity index (χ0) is 15.7. The SMILES string of the molecule is C[C@](O)(CNC(=O)c1ccc(OC(F)(F)F)cc1)C1CC1. The van der Waals surface area contributed by atoms with Crippen molar-refractivity contribution in [3.63, 3.8) is 0 Å². The average molecular weight is 303 g/mol. The van der Waals surface area contributed by atoms with E-state index in [1.807, 2.05) is 0 Å². The molecule has 1 aromatic carbocycles. The van der Waals surface area contributed by atoms with Gasteiger partial charge in [0, 0.05) is 12.1 Å². The van der Waals surface area contributed by atoms with Crippen molar-refractivity contribution in [2.75, 3.05) is 6.54 Å². The van der Waals surface area contributed by atoms with Gasteiger partial charge in [-0.15, -0.1) is 13.2 Å². The molecule has 1 aliphatic rings. The zero-order valence-electron chi connectivity index (χ0n) is 11.4. The molecule has 1 atom stereocenters. The minimum atomic E-state index is -4.76. The average Bonchev–Trinajstić information content (AvgIpc) is 3.19. The van der Waals surface area contributed by atoms with Gasteiger partial charge in [0.1, 0.15) is 5.75 Å². The standard InChI is InChI=1S/C14H16F3NO3/c1-13(20,10-4-5-10)8-18-12(19)9-2-6-11(7-3-9)21-14(15,16)17/h2-3,6-7,10,20H,4-5,8H2,1H3,(H,18,19)/t13-/m0/s1. The first-order valence-corrected chi connectivity index (χ1v) is 6.54.